The van der Waals surface area contributed by atoms with Crippen LogP contribution < -0.4 is 5.56 Å². The molecule has 0 N–H and O–H groups in total. The Labute approximate surface area is 129 Å². The van der Waals surface area contributed by atoms with Crippen LogP contribution in [0.5, 0.6) is 0 Å². The van der Waals surface area contributed by atoms with E-state index in [0.717, 1.165) is 25.9 Å². The molecule has 0 unspecified atom stereocenters. The average Bonchev–Trinajstić information content (AvgIpc) is 2.58. The first kappa shape index (κ1) is 14.5. The van der Waals surface area contributed by atoms with Crippen LogP contribution in [0.4, 0.5) is 0 Å². The second-order valence-corrected chi connectivity index (χ2v) is 5.66. The zero-order valence-electron chi connectivity index (χ0n) is 12.6. The fourth-order valence-electron chi connectivity index (χ4n) is 2.92. The van der Waals surface area contributed by atoms with Gasteiger partial charge < -0.3 is 4.90 Å². The lowest BCUT2D eigenvalue weighted by atomic mass is 9.89. The van der Waals surface area contributed by atoms with Crippen molar-refractivity contribution in [1.82, 2.24) is 14.7 Å². The minimum absolute atomic E-state index is 0.0953. The van der Waals surface area contributed by atoms with E-state index in [1.807, 2.05) is 11.0 Å². The molecule has 0 spiro atoms. The predicted molar refractivity (Wildman–Crippen MR) is 83.8 cm³/mol. The van der Waals surface area contributed by atoms with Gasteiger partial charge in [0, 0.05) is 26.2 Å². The Hall–Kier alpha value is -2.43. The van der Waals surface area contributed by atoms with Crippen molar-refractivity contribution in [2.24, 2.45) is 7.05 Å². The minimum atomic E-state index is -0.209. The predicted octanol–water partition coefficient (Wildman–Crippen LogP) is 1.80. The van der Waals surface area contributed by atoms with E-state index in [0.29, 0.717) is 11.6 Å². The van der Waals surface area contributed by atoms with Crippen LogP contribution in [0.25, 0.3) is 0 Å². The van der Waals surface area contributed by atoms with Gasteiger partial charge in [-0.15, -0.1) is 0 Å². The van der Waals surface area contributed by atoms with E-state index >= 15 is 0 Å². The van der Waals surface area contributed by atoms with E-state index in [4.69, 9.17) is 0 Å². The summed E-state index contributed by atoms with van der Waals surface area (Å²) >= 11 is 0. The number of likely N-dealkylation sites (tertiary alicyclic amines) is 1. The minimum Gasteiger partial charge on any atom is -0.337 e. The lowest BCUT2D eigenvalue weighted by Gasteiger charge is -2.32. The second kappa shape index (κ2) is 6.13. The van der Waals surface area contributed by atoms with Crippen LogP contribution in [0.2, 0.25) is 0 Å². The first-order valence-corrected chi connectivity index (χ1v) is 7.54. The molecule has 0 bridgehead atoms. The van der Waals surface area contributed by atoms with Gasteiger partial charge in [0.05, 0.1) is 0 Å². The molecule has 1 aromatic heterocycles. The standard InChI is InChI=1S/C17H19N3O2/c1-19-16(21)8-7-15(18-19)17(22)20-11-9-14(10-12-20)13-5-3-2-4-6-13/h2-8,14H,9-12H2,1H3. The highest BCUT2D eigenvalue weighted by molar-refractivity contribution is 5.92. The number of carbonyl (C=O) groups excluding carboxylic acids is 1. The van der Waals surface area contributed by atoms with Gasteiger partial charge >= 0.3 is 0 Å². The molecule has 3 rings (SSSR count). The van der Waals surface area contributed by atoms with Gasteiger partial charge in [-0.2, -0.15) is 5.10 Å². The highest BCUT2D eigenvalue weighted by Crippen LogP contribution is 2.28. The summed E-state index contributed by atoms with van der Waals surface area (Å²) in [6, 6.07) is 13.3. The Bertz CT molecular complexity index is 716. The van der Waals surface area contributed by atoms with Crippen LogP contribution in [0.3, 0.4) is 0 Å². The van der Waals surface area contributed by atoms with Gasteiger partial charge in [-0.3, -0.25) is 9.59 Å². The molecule has 114 valence electrons. The Kier molecular flexibility index (Phi) is 4.04. The fourth-order valence-corrected chi connectivity index (χ4v) is 2.92. The Balaban J connectivity index is 1.67. The van der Waals surface area contributed by atoms with Gasteiger partial charge in [-0.25, -0.2) is 4.68 Å². The summed E-state index contributed by atoms with van der Waals surface area (Å²) in [6.45, 7) is 1.45. The summed E-state index contributed by atoms with van der Waals surface area (Å²) in [7, 11) is 1.56. The van der Waals surface area contributed by atoms with Gasteiger partial charge in [0.25, 0.3) is 11.5 Å². The zero-order chi connectivity index (χ0) is 15.5. The van der Waals surface area contributed by atoms with Crippen molar-refractivity contribution in [3.8, 4) is 0 Å². The molecule has 5 heteroatoms. The van der Waals surface area contributed by atoms with Crippen molar-refractivity contribution in [3.63, 3.8) is 0 Å². The SMILES string of the molecule is Cn1nc(C(=O)N2CCC(c3ccccc3)CC2)ccc1=O. The number of carbonyl (C=O) groups is 1. The molecule has 1 aliphatic rings. The Morgan fingerprint density at radius 1 is 1.09 bits per heavy atom. The number of nitrogens with zero attached hydrogens (tertiary/aromatic N) is 3. The molecule has 1 fully saturated rings. The molecule has 0 radical (unpaired) electrons. The molecule has 0 aliphatic carbocycles. The molecule has 2 aromatic rings. The third-order valence-electron chi connectivity index (χ3n) is 4.23. The number of aromatic nitrogens is 2. The van der Waals surface area contributed by atoms with Gasteiger partial charge in [-0.05, 0) is 30.4 Å². The van der Waals surface area contributed by atoms with Crippen molar-refractivity contribution in [3.05, 3.63) is 64.1 Å². The van der Waals surface area contributed by atoms with Crippen molar-refractivity contribution in [1.29, 1.82) is 0 Å². The normalized spacial score (nSPS) is 15.8. The van der Waals surface area contributed by atoms with Crippen LogP contribution in [-0.4, -0.2) is 33.7 Å². The molecule has 0 atom stereocenters. The zero-order valence-corrected chi connectivity index (χ0v) is 12.6. The highest BCUT2D eigenvalue weighted by Gasteiger charge is 2.25. The molecule has 22 heavy (non-hydrogen) atoms. The van der Waals surface area contributed by atoms with Crippen LogP contribution in [0, 0.1) is 0 Å². The maximum Gasteiger partial charge on any atom is 0.274 e. The largest absolute Gasteiger partial charge is 0.337 e. The van der Waals surface area contributed by atoms with Crippen molar-refractivity contribution in [2.45, 2.75) is 18.8 Å². The molecule has 1 aromatic carbocycles. The van der Waals surface area contributed by atoms with E-state index in [-0.39, 0.29) is 11.5 Å². The molecular weight excluding hydrogens is 278 g/mol. The highest BCUT2D eigenvalue weighted by atomic mass is 16.2. The van der Waals surface area contributed by atoms with Crippen molar-refractivity contribution in [2.75, 3.05) is 13.1 Å². The Morgan fingerprint density at radius 3 is 2.41 bits per heavy atom. The van der Waals surface area contributed by atoms with E-state index in [1.165, 1.54) is 22.4 Å². The lowest BCUT2D eigenvalue weighted by Crippen LogP contribution is -2.39. The summed E-state index contributed by atoms with van der Waals surface area (Å²) in [6.07, 6.45) is 1.92. The molecule has 2 heterocycles. The number of rotatable bonds is 2. The maximum atomic E-state index is 12.5. The monoisotopic (exact) mass is 297 g/mol. The number of hydrogen-bond donors (Lipinski definition) is 0. The molecule has 1 amide bonds. The smallest absolute Gasteiger partial charge is 0.274 e. The fraction of sp³-hybridized carbons (Fsp3) is 0.353. The van der Waals surface area contributed by atoms with Crippen molar-refractivity contribution >= 4 is 5.91 Å². The van der Waals surface area contributed by atoms with Crippen LogP contribution >= 0.6 is 0 Å². The molecule has 0 saturated carbocycles. The third-order valence-corrected chi connectivity index (χ3v) is 4.23. The lowest BCUT2D eigenvalue weighted by molar-refractivity contribution is 0.0704. The summed E-state index contributed by atoms with van der Waals surface area (Å²) in [5.74, 6) is 0.417. The first-order valence-electron chi connectivity index (χ1n) is 7.54. The van der Waals surface area contributed by atoms with E-state index < -0.39 is 0 Å². The summed E-state index contributed by atoms with van der Waals surface area (Å²) in [4.78, 5) is 25.6. The number of amides is 1. The van der Waals surface area contributed by atoms with Crippen molar-refractivity contribution < 1.29 is 4.79 Å². The molecule has 5 nitrogen and oxygen atoms in total. The first-order chi connectivity index (χ1) is 10.6. The van der Waals surface area contributed by atoms with E-state index in [2.05, 4.69) is 29.4 Å². The third kappa shape index (κ3) is 2.93. The maximum absolute atomic E-state index is 12.5. The summed E-state index contributed by atoms with van der Waals surface area (Å²) < 4.78 is 1.20. The quantitative estimate of drug-likeness (QED) is 0.849. The molecule has 1 aliphatic heterocycles. The topological polar surface area (TPSA) is 55.2 Å². The van der Waals surface area contributed by atoms with Gasteiger partial charge in [-0.1, -0.05) is 30.3 Å². The van der Waals surface area contributed by atoms with Crippen LogP contribution in [0.1, 0.15) is 34.8 Å². The van der Waals surface area contributed by atoms with Gasteiger partial charge in [0.2, 0.25) is 0 Å². The molecular formula is C17H19N3O2. The van der Waals surface area contributed by atoms with E-state index in [1.54, 1.807) is 7.05 Å². The number of piperidine rings is 1. The van der Waals surface area contributed by atoms with Gasteiger partial charge in [0.1, 0.15) is 5.69 Å². The molecule has 1 saturated heterocycles. The number of benzene rings is 1. The summed E-state index contributed by atoms with van der Waals surface area (Å²) in [5.41, 5.74) is 1.47. The van der Waals surface area contributed by atoms with Crippen LogP contribution in [0.15, 0.2) is 47.3 Å². The average molecular weight is 297 g/mol. The van der Waals surface area contributed by atoms with E-state index in [9.17, 15) is 9.59 Å². The summed E-state index contributed by atoms with van der Waals surface area (Å²) in [5, 5.41) is 4.04. The second-order valence-electron chi connectivity index (χ2n) is 5.66. The van der Waals surface area contributed by atoms with Gasteiger partial charge in [0.15, 0.2) is 0 Å². The van der Waals surface area contributed by atoms with Crippen LogP contribution in [-0.2, 0) is 7.05 Å². The Morgan fingerprint density at radius 2 is 1.77 bits per heavy atom. The number of hydrogen-bond acceptors (Lipinski definition) is 3. The number of aryl methyl sites for hydroxylation is 1.